The molecule has 0 rings (SSSR count). The molecule has 0 aromatic rings. The van der Waals surface area contributed by atoms with E-state index in [0.29, 0.717) is 0 Å². The summed E-state index contributed by atoms with van der Waals surface area (Å²) in [6, 6.07) is 0. The summed E-state index contributed by atoms with van der Waals surface area (Å²) in [7, 11) is 0. The summed E-state index contributed by atoms with van der Waals surface area (Å²) in [4.78, 5) is 9.43. The molecule has 3 heteroatoms. The number of nitrogens with one attached hydrogen (secondary N) is 1. The van der Waals surface area contributed by atoms with Crippen molar-refractivity contribution in [2.24, 2.45) is 0 Å². The first-order valence-corrected chi connectivity index (χ1v) is 2.20. The fraction of sp³-hybridized carbons (Fsp3) is 0.500. The highest BCUT2D eigenvalue weighted by Crippen LogP contribution is 1.72. The third-order valence-electron chi connectivity index (χ3n) is 0.121. The lowest BCUT2D eigenvalue weighted by Gasteiger charge is -1.68. The van der Waals surface area contributed by atoms with Gasteiger partial charge in [0, 0.05) is 0 Å². The molecule has 1 N–H and O–H groups in total. The molecule has 0 fully saturated rings. The maximum Gasteiger partial charge on any atom is 0.249 e. The predicted octanol–water partition coefficient (Wildman–Crippen LogP) is 0.191. The number of carbonyl (C=O) groups excluding carboxylic acids is 1. The lowest BCUT2D eigenvalue weighted by Crippen LogP contribution is -1.95. The Hall–Kier alpha value is -0.0500. The zero-order valence-corrected chi connectivity index (χ0v) is 4.08. The number of rotatable bonds is 1. The molecule has 0 aliphatic carbocycles. The van der Waals surface area contributed by atoms with Gasteiger partial charge in [-0.2, -0.15) is 0 Å². The SMILES string of the molecule is [NH]C(=O)CBr. The van der Waals surface area contributed by atoms with E-state index in [4.69, 9.17) is 5.73 Å². The molecular formula is C2H3BrNO. The largest absolute Gasteiger partial charge is 0.272 e. The topological polar surface area (TPSA) is 40.9 Å². The van der Waals surface area contributed by atoms with Crippen LogP contribution in [0.15, 0.2) is 0 Å². The average molecular weight is 137 g/mol. The minimum atomic E-state index is -0.579. The molecule has 0 unspecified atom stereocenters. The second kappa shape index (κ2) is 2.20. The van der Waals surface area contributed by atoms with Crippen LogP contribution in [0.3, 0.4) is 0 Å². The zero-order chi connectivity index (χ0) is 4.28. The smallest absolute Gasteiger partial charge is 0.249 e. The number of alkyl halides is 1. The first-order valence-electron chi connectivity index (χ1n) is 1.07. The van der Waals surface area contributed by atoms with Gasteiger partial charge in [0.05, 0.1) is 5.33 Å². The van der Waals surface area contributed by atoms with Crippen LogP contribution < -0.4 is 5.73 Å². The van der Waals surface area contributed by atoms with Crippen LogP contribution in [0.2, 0.25) is 0 Å². The molecule has 0 aliphatic heterocycles. The first kappa shape index (κ1) is 4.95. The van der Waals surface area contributed by atoms with Crippen LogP contribution in [0.25, 0.3) is 0 Å². The van der Waals surface area contributed by atoms with Crippen molar-refractivity contribution < 1.29 is 4.79 Å². The van der Waals surface area contributed by atoms with Crippen LogP contribution in [-0.2, 0) is 4.79 Å². The van der Waals surface area contributed by atoms with Crippen LogP contribution in [0.4, 0.5) is 0 Å². The molecule has 0 heterocycles. The molecule has 0 spiro atoms. The molecule has 0 saturated heterocycles. The Morgan fingerprint density at radius 1 is 2.00 bits per heavy atom. The molecular weight excluding hydrogens is 134 g/mol. The fourth-order valence-electron chi connectivity index (χ4n) is 0. The standard InChI is InChI=1S/C2H3BrNO/c3-1-2(4)5/h4H,1H2. The van der Waals surface area contributed by atoms with Gasteiger partial charge in [-0.25, -0.2) is 0 Å². The highest BCUT2D eigenvalue weighted by Gasteiger charge is 1.81. The van der Waals surface area contributed by atoms with E-state index in [2.05, 4.69) is 15.9 Å². The first-order chi connectivity index (χ1) is 2.27. The van der Waals surface area contributed by atoms with Crippen LogP contribution in [0.5, 0.6) is 0 Å². The summed E-state index contributed by atoms with van der Waals surface area (Å²) in [6.07, 6.45) is 0. The molecule has 0 saturated carbocycles. The van der Waals surface area contributed by atoms with Crippen LogP contribution >= 0.6 is 15.9 Å². The number of hydrogen-bond acceptors (Lipinski definition) is 1. The van der Waals surface area contributed by atoms with Gasteiger partial charge < -0.3 is 0 Å². The van der Waals surface area contributed by atoms with E-state index in [1.54, 1.807) is 0 Å². The summed E-state index contributed by atoms with van der Waals surface area (Å²) in [5.74, 6) is -0.579. The fourth-order valence-corrected chi connectivity index (χ4v) is 0. The van der Waals surface area contributed by atoms with Gasteiger partial charge in [0.25, 0.3) is 0 Å². The molecule has 0 atom stereocenters. The highest BCUT2D eigenvalue weighted by atomic mass is 79.9. The normalized spacial score (nSPS) is 7.40. The Kier molecular flexibility index (Phi) is 2.18. The van der Waals surface area contributed by atoms with Crippen molar-refractivity contribution in [3.05, 3.63) is 0 Å². The molecule has 0 aliphatic rings. The van der Waals surface area contributed by atoms with Crippen molar-refractivity contribution in [3.63, 3.8) is 0 Å². The average Bonchev–Trinajstić information content (AvgIpc) is 1.38. The number of carbonyl (C=O) groups is 1. The van der Waals surface area contributed by atoms with Crippen molar-refractivity contribution in [2.75, 3.05) is 5.33 Å². The van der Waals surface area contributed by atoms with Crippen molar-refractivity contribution in [1.29, 1.82) is 0 Å². The van der Waals surface area contributed by atoms with Crippen LogP contribution in [0, 0.1) is 0 Å². The molecule has 0 aromatic carbocycles. The Bertz CT molecular complexity index is 44.9. The lowest BCUT2D eigenvalue weighted by molar-refractivity contribution is -0.116. The van der Waals surface area contributed by atoms with E-state index < -0.39 is 5.91 Å². The summed E-state index contributed by atoms with van der Waals surface area (Å²) >= 11 is 2.78. The van der Waals surface area contributed by atoms with E-state index in [-0.39, 0.29) is 5.33 Å². The third-order valence-corrected chi connectivity index (χ3v) is 0.631. The van der Waals surface area contributed by atoms with Gasteiger partial charge in [-0.05, 0) is 0 Å². The second-order valence-corrected chi connectivity index (χ2v) is 1.12. The quantitative estimate of drug-likeness (QED) is 0.475. The van der Waals surface area contributed by atoms with E-state index >= 15 is 0 Å². The molecule has 0 aromatic heterocycles. The van der Waals surface area contributed by atoms with Gasteiger partial charge in [-0.3, -0.25) is 10.5 Å². The number of halogens is 1. The van der Waals surface area contributed by atoms with Gasteiger partial charge in [0.2, 0.25) is 5.91 Å². The zero-order valence-electron chi connectivity index (χ0n) is 2.49. The Morgan fingerprint density at radius 3 is 2.20 bits per heavy atom. The van der Waals surface area contributed by atoms with Crippen LogP contribution in [0.1, 0.15) is 0 Å². The van der Waals surface area contributed by atoms with Crippen molar-refractivity contribution >= 4 is 21.8 Å². The van der Waals surface area contributed by atoms with Crippen molar-refractivity contribution in [1.82, 2.24) is 5.73 Å². The predicted molar refractivity (Wildman–Crippen MR) is 21.9 cm³/mol. The Morgan fingerprint density at radius 2 is 2.20 bits per heavy atom. The Labute approximate surface area is 38.5 Å². The molecule has 5 heavy (non-hydrogen) atoms. The maximum absolute atomic E-state index is 9.43. The van der Waals surface area contributed by atoms with Gasteiger partial charge in [0.1, 0.15) is 0 Å². The van der Waals surface area contributed by atoms with E-state index in [1.807, 2.05) is 0 Å². The molecule has 29 valence electrons. The van der Waals surface area contributed by atoms with Gasteiger partial charge in [-0.1, -0.05) is 15.9 Å². The van der Waals surface area contributed by atoms with Crippen molar-refractivity contribution in [3.8, 4) is 0 Å². The molecule has 0 bridgehead atoms. The molecule has 1 amide bonds. The second-order valence-electron chi connectivity index (χ2n) is 0.557. The Balaban J connectivity index is 2.85. The van der Waals surface area contributed by atoms with Crippen LogP contribution in [-0.4, -0.2) is 11.2 Å². The van der Waals surface area contributed by atoms with Gasteiger partial charge in [-0.15, -0.1) is 0 Å². The number of amides is 1. The number of hydrogen-bond donors (Lipinski definition) is 0. The third kappa shape index (κ3) is 3.95. The van der Waals surface area contributed by atoms with E-state index in [0.717, 1.165) is 0 Å². The van der Waals surface area contributed by atoms with Gasteiger partial charge >= 0.3 is 0 Å². The molecule has 1 radical (unpaired) electrons. The monoisotopic (exact) mass is 136 g/mol. The maximum atomic E-state index is 9.43. The summed E-state index contributed by atoms with van der Waals surface area (Å²) in [6.45, 7) is 0. The summed E-state index contributed by atoms with van der Waals surface area (Å²) < 4.78 is 0. The summed E-state index contributed by atoms with van der Waals surface area (Å²) in [5.41, 5.74) is 6.14. The summed E-state index contributed by atoms with van der Waals surface area (Å²) in [5, 5.41) is 0.146. The van der Waals surface area contributed by atoms with E-state index in [9.17, 15) is 4.79 Å². The van der Waals surface area contributed by atoms with E-state index in [1.165, 1.54) is 0 Å². The molecule has 2 nitrogen and oxygen atoms in total. The minimum Gasteiger partial charge on any atom is -0.272 e. The van der Waals surface area contributed by atoms with Gasteiger partial charge in [0.15, 0.2) is 0 Å². The lowest BCUT2D eigenvalue weighted by atomic mass is 10.8. The van der Waals surface area contributed by atoms with Crippen molar-refractivity contribution in [2.45, 2.75) is 0 Å². The highest BCUT2D eigenvalue weighted by molar-refractivity contribution is 9.09. The minimum absolute atomic E-state index is 0.146.